The first-order chi connectivity index (χ1) is 7.75. The molecule has 0 bridgehead atoms. The van der Waals surface area contributed by atoms with E-state index in [0.29, 0.717) is 5.92 Å². The van der Waals surface area contributed by atoms with E-state index in [4.69, 9.17) is 0 Å². The van der Waals surface area contributed by atoms with E-state index in [2.05, 4.69) is 16.9 Å². The molecule has 0 saturated heterocycles. The molecule has 1 aliphatic rings. The smallest absolute Gasteiger partial charge is 0.0695 e. The molecule has 0 amide bonds. The topological polar surface area (TPSA) is 36.4 Å². The Hall–Kier alpha value is -0.930. The van der Waals surface area contributed by atoms with Gasteiger partial charge >= 0.3 is 0 Å². The monoisotopic (exact) mass is 220 g/mol. The molecule has 0 spiro atoms. The number of aliphatic hydroxyl groups is 1. The van der Waals surface area contributed by atoms with Crippen molar-refractivity contribution in [2.24, 2.45) is 5.92 Å². The van der Waals surface area contributed by atoms with Gasteiger partial charge in [0, 0.05) is 25.5 Å². The fourth-order valence-electron chi connectivity index (χ4n) is 1.91. The van der Waals surface area contributed by atoms with Crippen LogP contribution in [-0.4, -0.2) is 41.2 Å². The van der Waals surface area contributed by atoms with Crippen LogP contribution in [0.4, 0.5) is 0 Å². The second-order valence-electron chi connectivity index (χ2n) is 4.77. The molecule has 88 valence electrons. The van der Waals surface area contributed by atoms with Crippen LogP contribution < -0.4 is 0 Å². The molecule has 1 N–H and O–H groups in total. The first-order valence-electron chi connectivity index (χ1n) is 6.01. The van der Waals surface area contributed by atoms with Crippen molar-refractivity contribution in [2.75, 3.05) is 20.1 Å². The minimum atomic E-state index is -0.123. The maximum absolute atomic E-state index is 9.80. The highest BCUT2D eigenvalue weighted by molar-refractivity contribution is 5.09. The van der Waals surface area contributed by atoms with Crippen LogP contribution in [0.3, 0.4) is 0 Å². The van der Waals surface area contributed by atoms with Crippen molar-refractivity contribution in [1.82, 2.24) is 9.88 Å². The first-order valence-corrected chi connectivity index (χ1v) is 6.01. The lowest BCUT2D eigenvalue weighted by molar-refractivity contribution is 0.107. The van der Waals surface area contributed by atoms with Crippen LogP contribution in [0.1, 0.15) is 18.4 Å². The lowest BCUT2D eigenvalue weighted by atomic mass is 10.2. The van der Waals surface area contributed by atoms with Crippen LogP contribution in [0.5, 0.6) is 0 Å². The molecular weight excluding hydrogens is 200 g/mol. The van der Waals surface area contributed by atoms with Crippen LogP contribution in [0, 0.1) is 5.92 Å². The average molecular weight is 220 g/mol. The molecule has 1 unspecified atom stereocenters. The first kappa shape index (κ1) is 11.6. The number of likely N-dealkylation sites (N-methyl/N-ethyl adjacent to an activating group) is 1. The average Bonchev–Trinajstić information content (AvgIpc) is 3.11. The molecule has 1 atom stereocenters. The Balaban J connectivity index is 1.69. The normalized spacial score (nSPS) is 17.7. The summed E-state index contributed by atoms with van der Waals surface area (Å²) < 4.78 is 0. The summed E-state index contributed by atoms with van der Waals surface area (Å²) in [5.41, 5.74) is 1.31. The Morgan fingerprint density at radius 3 is 2.75 bits per heavy atom. The summed E-state index contributed by atoms with van der Waals surface area (Å²) in [5, 5.41) is 9.80. The molecule has 1 aromatic rings. The standard InChI is InChI=1S/C13H20N2O/c1-15(10-13(16)12-2-3-12)9-6-11-4-7-14-8-5-11/h4-5,7-8,12-13,16H,2-3,6,9-10H2,1H3. The molecule has 1 saturated carbocycles. The maximum atomic E-state index is 9.80. The minimum Gasteiger partial charge on any atom is -0.392 e. The number of aliphatic hydroxyl groups excluding tert-OH is 1. The van der Waals surface area contributed by atoms with Gasteiger partial charge in [0.25, 0.3) is 0 Å². The van der Waals surface area contributed by atoms with E-state index in [1.165, 1.54) is 18.4 Å². The number of hydrogen-bond acceptors (Lipinski definition) is 3. The highest BCUT2D eigenvalue weighted by Crippen LogP contribution is 2.32. The zero-order valence-corrected chi connectivity index (χ0v) is 9.84. The number of nitrogens with zero attached hydrogens (tertiary/aromatic N) is 2. The van der Waals surface area contributed by atoms with Gasteiger partial charge in [-0.15, -0.1) is 0 Å². The number of aromatic nitrogens is 1. The molecule has 16 heavy (non-hydrogen) atoms. The van der Waals surface area contributed by atoms with Gasteiger partial charge in [0.2, 0.25) is 0 Å². The van der Waals surface area contributed by atoms with E-state index in [1.807, 2.05) is 24.5 Å². The van der Waals surface area contributed by atoms with Gasteiger partial charge < -0.3 is 10.0 Å². The molecular formula is C13H20N2O. The van der Waals surface area contributed by atoms with Crippen LogP contribution in [0.15, 0.2) is 24.5 Å². The van der Waals surface area contributed by atoms with Gasteiger partial charge in [-0.2, -0.15) is 0 Å². The molecule has 0 aromatic carbocycles. The molecule has 2 rings (SSSR count). The van der Waals surface area contributed by atoms with Gasteiger partial charge in [-0.25, -0.2) is 0 Å². The molecule has 1 aliphatic carbocycles. The lowest BCUT2D eigenvalue weighted by Gasteiger charge is -2.20. The van der Waals surface area contributed by atoms with Crippen molar-refractivity contribution in [1.29, 1.82) is 0 Å². The number of hydrogen-bond donors (Lipinski definition) is 1. The summed E-state index contributed by atoms with van der Waals surface area (Å²) in [6, 6.07) is 4.09. The highest BCUT2D eigenvalue weighted by atomic mass is 16.3. The number of pyridine rings is 1. The molecule has 3 nitrogen and oxygen atoms in total. The fourth-order valence-corrected chi connectivity index (χ4v) is 1.91. The fraction of sp³-hybridized carbons (Fsp3) is 0.615. The Kier molecular flexibility index (Phi) is 3.91. The Bertz CT molecular complexity index is 311. The van der Waals surface area contributed by atoms with E-state index in [0.717, 1.165) is 19.5 Å². The van der Waals surface area contributed by atoms with Crippen LogP contribution in [0.25, 0.3) is 0 Å². The Morgan fingerprint density at radius 1 is 1.44 bits per heavy atom. The van der Waals surface area contributed by atoms with Crippen molar-refractivity contribution in [3.8, 4) is 0 Å². The Morgan fingerprint density at radius 2 is 2.12 bits per heavy atom. The largest absolute Gasteiger partial charge is 0.392 e. The second kappa shape index (κ2) is 5.41. The van der Waals surface area contributed by atoms with E-state index >= 15 is 0 Å². The van der Waals surface area contributed by atoms with Crippen LogP contribution in [-0.2, 0) is 6.42 Å². The lowest BCUT2D eigenvalue weighted by Crippen LogP contribution is -2.31. The summed E-state index contributed by atoms with van der Waals surface area (Å²) in [5.74, 6) is 0.573. The SMILES string of the molecule is CN(CCc1ccncc1)CC(O)C1CC1. The molecule has 3 heteroatoms. The van der Waals surface area contributed by atoms with E-state index in [1.54, 1.807) is 0 Å². The van der Waals surface area contributed by atoms with E-state index < -0.39 is 0 Å². The van der Waals surface area contributed by atoms with E-state index in [-0.39, 0.29) is 6.10 Å². The quantitative estimate of drug-likeness (QED) is 0.785. The van der Waals surface area contributed by atoms with Crippen molar-refractivity contribution in [3.63, 3.8) is 0 Å². The van der Waals surface area contributed by atoms with Crippen molar-refractivity contribution < 1.29 is 5.11 Å². The van der Waals surface area contributed by atoms with Gasteiger partial charge in [-0.05, 0) is 49.9 Å². The zero-order valence-electron chi connectivity index (χ0n) is 9.84. The molecule has 1 fully saturated rings. The predicted molar refractivity (Wildman–Crippen MR) is 64.2 cm³/mol. The minimum absolute atomic E-state index is 0.123. The van der Waals surface area contributed by atoms with Crippen molar-refractivity contribution >= 4 is 0 Å². The Labute approximate surface area is 97.1 Å². The van der Waals surface area contributed by atoms with Gasteiger partial charge in [0.1, 0.15) is 0 Å². The zero-order chi connectivity index (χ0) is 11.4. The van der Waals surface area contributed by atoms with Crippen molar-refractivity contribution in [2.45, 2.75) is 25.4 Å². The summed E-state index contributed by atoms with van der Waals surface area (Å²) in [4.78, 5) is 6.21. The van der Waals surface area contributed by atoms with Gasteiger partial charge in [-0.3, -0.25) is 4.98 Å². The molecule has 0 aliphatic heterocycles. The number of rotatable bonds is 6. The summed E-state index contributed by atoms with van der Waals surface area (Å²) in [6.07, 6.45) is 6.97. The molecule has 1 aromatic heterocycles. The third-order valence-electron chi connectivity index (χ3n) is 3.20. The van der Waals surface area contributed by atoms with Crippen LogP contribution in [0.2, 0.25) is 0 Å². The molecule has 0 radical (unpaired) electrons. The third-order valence-corrected chi connectivity index (χ3v) is 3.20. The van der Waals surface area contributed by atoms with Gasteiger partial charge in [-0.1, -0.05) is 0 Å². The third kappa shape index (κ3) is 3.58. The summed E-state index contributed by atoms with van der Waals surface area (Å²) in [6.45, 7) is 1.80. The van der Waals surface area contributed by atoms with Crippen LogP contribution >= 0.6 is 0 Å². The van der Waals surface area contributed by atoms with Crippen molar-refractivity contribution in [3.05, 3.63) is 30.1 Å². The summed E-state index contributed by atoms with van der Waals surface area (Å²) in [7, 11) is 2.08. The predicted octanol–water partition coefficient (Wildman–Crippen LogP) is 1.33. The highest BCUT2D eigenvalue weighted by Gasteiger charge is 2.30. The maximum Gasteiger partial charge on any atom is 0.0695 e. The molecule has 1 heterocycles. The van der Waals surface area contributed by atoms with Gasteiger partial charge in [0.05, 0.1) is 6.10 Å². The summed E-state index contributed by atoms with van der Waals surface area (Å²) >= 11 is 0. The van der Waals surface area contributed by atoms with E-state index in [9.17, 15) is 5.11 Å². The second-order valence-corrected chi connectivity index (χ2v) is 4.77. The van der Waals surface area contributed by atoms with Gasteiger partial charge in [0.15, 0.2) is 0 Å².